The molecule has 0 amide bonds. The molecule has 0 spiro atoms. The first-order chi connectivity index (χ1) is 6.36. The van der Waals surface area contributed by atoms with Crippen LogP contribution in [0.4, 0.5) is 0 Å². The Morgan fingerprint density at radius 1 is 1.38 bits per heavy atom. The van der Waals surface area contributed by atoms with Crippen molar-refractivity contribution in [3.8, 4) is 0 Å². The standard InChI is InChI=1S/C11H13NO/c1-2-10(9-12-13)8-11-6-4-3-5-7-11/h3-9,13H,2H2,1H3. The van der Waals surface area contributed by atoms with Crippen LogP contribution in [0.2, 0.25) is 0 Å². The molecule has 0 aromatic heterocycles. The van der Waals surface area contributed by atoms with E-state index in [1.165, 1.54) is 6.21 Å². The minimum absolute atomic E-state index is 0.860. The monoisotopic (exact) mass is 175 g/mol. The molecular formula is C11H13NO. The number of nitrogens with zero attached hydrogens (tertiary/aromatic N) is 1. The molecule has 0 heterocycles. The molecule has 1 N–H and O–H groups in total. The molecule has 0 aliphatic heterocycles. The Kier molecular flexibility index (Phi) is 3.76. The van der Waals surface area contributed by atoms with Gasteiger partial charge in [0.15, 0.2) is 0 Å². The van der Waals surface area contributed by atoms with E-state index in [0.717, 1.165) is 17.6 Å². The number of hydrogen-bond acceptors (Lipinski definition) is 2. The molecule has 0 aliphatic rings. The molecule has 0 bridgehead atoms. The molecule has 0 fully saturated rings. The van der Waals surface area contributed by atoms with Crippen molar-refractivity contribution >= 4 is 12.3 Å². The first-order valence-electron chi connectivity index (χ1n) is 4.30. The number of allylic oxidation sites excluding steroid dienone is 1. The Bertz CT molecular complexity index is 301. The van der Waals surface area contributed by atoms with Gasteiger partial charge in [0.2, 0.25) is 0 Å². The molecule has 0 radical (unpaired) electrons. The van der Waals surface area contributed by atoms with Gasteiger partial charge >= 0.3 is 0 Å². The van der Waals surface area contributed by atoms with E-state index in [4.69, 9.17) is 5.21 Å². The van der Waals surface area contributed by atoms with Crippen LogP contribution < -0.4 is 0 Å². The average Bonchev–Trinajstić information content (AvgIpc) is 2.19. The lowest BCUT2D eigenvalue weighted by Gasteiger charge is -1.96. The van der Waals surface area contributed by atoms with Crippen molar-refractivity contribution < 1.29 is 5.21 Å². The van der Waals surface area contributed by atoms with Crippen molar-refractivity contribution in [2.75, 3.05) is 0 Å². The summed E-state index contributed by atoms with van der Waals surface area (Å²) in [5.41, 5.74) is 2.13. The molecule has 2 heteroatoms. The second-order valence-corrected chi connectivity index (χ2v) is 2.73. The molecule has 0 saturated heterocycles. The zero-order valence-corrected chi connectivity index (χ0v) is 7.64. The SMILES string of the molecule is CCC(C=NO)=Cc1ccccc1. The van der Waals surface area contributed by atoms with Crippen LogP contribution >= 0.6 is 0 Å². The summed E-state index contributed by atoms with van der Waals surface area (Å²) in [7, 11) is 0. The third-order valence-electron chi connectivity index (χ3n) is 1.78. The van der Waals surface area contributed by atoms with E-state index < -0.39 is 0 Å². The summed E-state index contributed by atoms with van der Waals surface area (Å²) in [6.45, 7) is 2.02. The highest BCUT2D eigenvalue weighted by Gasteiger charge is 1.90. The predicted octanol–water partition coefficient (Wildman–Crippen LogP) is 2.94. The molecule has 1 aromatic rings. The largest absolute Gasteiger partial charge is 0.411 e. The van der Waals surface area contributed by atoms with Crippen LogP contribution in [-0.2, 0) is 0 Å². The maximum Gasteiger partial charge on any atom is 0.0693 e. The van der Waals surface area contributed by atoms with Crippen molar-refractivity contribution in [2.24, 2.45) is 5.16 Å². The smallest absolute Gasteiger partial charge is 0.0693 e. The fourth-order valence-electron chi connectivity index (χ4n) is 1.07. The van der Waals surface area contributed by atoms with E-state index in [1.807, 2.05) is 43.3 Å². The summed E-state index contributed by atoms with van der Waals surface area (Å²) in [6.07, 6.45) is 4.33. The zero-order valence-electron chi connectivity index (χ0n) is 7.64. The maximum atomic E-state index is 8.37. The first-order valence-corrected chi connectivity index (χ1v) is 4.30. The number of oxime groups is 1. The lowest BCUT2D eigenvalue weighted by atomic mass is 10.1. The van der Waals surface area contributed by atoms with Crippen LogP contribution in [-0.4, -0.2) is 11.4 Å². The highest BCUT2D eigenvalue weighted by atomic mass is 16.4. The van der Waals surface area contributed by atoms with Gasteiger partial charge in [0.1, 0.15) is 0 Å². The predicted molar refractivity (Wildman–Crippen MR) is 55.0 cm³/mol. The summed E-state index contributed by atoms with van der Waals surface area (Å²) < 4.78 is 0. The van der Waals surface area contributed by atoms with E-state index in [0.29, 0.717) is 0 Å². The van der Waals surface area contributed by atoms with Gasteiger partial charge in [0.25, 0.3) is 0 Å². The van der Waals surface area contributed by atoms with Crippen LogP contribution in [0.1, 0.15) is 18.9 Å². The second kappa shape index (κ2) is 5.14. The van der Waals surface area contributed by atoms with E-state index in [9.17, 15) is 0 Å². The third-order valence-corrected chi connectivity index (χ3v) is 1.78. The summed E-state index contributed by atoms with van der Waals surface area (Å²) in [4.78, 5) is 0. The first kappa shape index (κ1) is 9.52. The van der Waals surface area contributed by atoms with Gasteiger partial charge in [0, 0.05) is 0 Å². The van der Waals surface area contributed by atoms with Crippen LogP contribution in [0, 0.1) is 0 Å². The molecule has 0 unspecified atom stereocenters. The van der Waals surface area contributed by atoms with Crippen LogP contribution in [0.15, 0.2) is 41.1 Å². The van der Waals surface area contributed by atoms with Gasteiger partial charge in [-0.1, -0.05) is 48.5 Å². The van der Waals surface area contributed by atoms with Crippen LogP contribution in [0.25, 0.3) is 6.08 Å². The molecule has 2 nitrogen and oxygen atoms in total. The molecule has 68 valence electrons. The van der Waals surface area contributed by atoms with Gasteiger partial charge in [-0.25, -0.2) is 0 Å². The number of rotatable bonds is 3. The third kappa shape index (κ3) is 3.11. The zero-order chi connectivity index (χ0) is 9.52. The normalized spacial score (nSPS) is 12.2. The number of benzene rings is 1. The molecule has 1 aromatic carbocycles. The Labute approximate surface area is 78.2 Å². The van der Waals surface area contributed by atoms with Gasteiger partial charge in [-0.05, 0) is 17.6 Å². The van der Waals surface area contributed by atoms with E-state index in [1.54, 1.807) is 0 Å². The lowest BCUT2D eigenvalue weighted by molar-refractivity contribution is 0.321. The van der Waals surface area contributed by atoms with Crippen molar-refractivity contribution in [3.63, 3.8) is 0 Å². The van der Waals surface area contributed by atoms with Gasteiger partial charge < -0.3 is 5.21 Å². The average molecular weight is 175 g/mol. The summed E-state index contributed by atoms with van der Waals surface area (Å²) >= 11 is 0. The lowest BCUT2D eigenvalue weighted by Crippen LogP contribution is -1.82. The van der Waals surface area contributed by atoms with Crippen LogP contribution in [0.3, 0.4) is 0 Å². The Morgan fingerprint density at radius 2 is 2.08 bits per heavy atom. The topological polar surface area (TPSA) is 32.6 Å². The maximum absolute atomic E-state index is 8.37. The van der Waals surface area contributed by atoms with Gasteiger partial charge in [0.05, 0.1) is 6.21 Å². The van der Waals surface area contributed by atoms with E-state index >= 15 is 0 Å². The Hall–Kier alpha value is -1.57. The molecular weight excluding hydrogens is 162 g/mol. The van der Waals surface area contributed by atoms with Crippen molar-refractivity contribution in [2.45, 2.75) is 13.3 Å². The molecule has 0 atom stereocenters. The second-order valence-electron chi connectivity index (χ2n) is 2.73. The van der Waals surface area contributed by atoms with E-state index in [-0.39, 0.29) is 0 Å². The van der Waals surface area contributed by atoms with Gasteiger partial charge in [-0.15, -0.1) is 0 Å². The molecule has 1 rings (SSSR count). The number of hydrogen-bond donors (Lipinski definition) is 1. The van der Waals surface area contributed by atoms with Crippen molar-refractivity contribution in [1.82, 2.24) is 0 Å². The summed E-state index contributed by atoms with van der Waals surface area (Å²) in [5, 5.41) is 11.4. The fraction of sp³-hybridized carbons (Fsp3) is 0.182. The fourth-order valence-corrected chi connectivity index (χ4v) is 1.07. The quantitative estimate of drug-likeness (QED) is 0.427. The minimum atomic E-state index is 0.860. The minimum Gasteiger partial charge on any atom is -0.411 e. The van der Waals surface area contributed by atoms with Crippen molar-refractivity contribution in [3.05, 3.63) is 41.5 Å². The molecule has 13 heavy (non-hydrogen) atoms. The van der Waals surface area contributed by atoms with Gasteiger partial charge in [-0.3, -0.25) is 0 Å². The molecule has 0 aliphatic carbocycles. The summed E-state index contributed by atoms with van der Waals surface area (Å²) in [5.74, 6) is 0. The Morgan fingerprint density at radius 3 is 2.62 bits per heavy atom. The Balaban J connectivity index is 2.85. The van der Waals surface area contributed by atoms with Crippen LogP contribution in [0.5, 0.6) is 0 Å². The van der Waals surface area contributed by atoms with E-state index in [2.05, 4.69) is 5.16 Å². The molecule has 0 saturated carbocycles. The highest BCUT2D eigenvalue weighted by molar-refractivity contribution is 5.84. The summed E-state index contributed by atoms with van der Waals surface area (Å²) in [6, 6.07) is 9.97. The highest BCUT2D eigenvalue weighted by Crippen LogP contribution is 2.07. The van der Waals surface area contributed by atoms with Crippen molar-refractivity contribution in [1.29, 1.82) is 0 Å². The van der Waals surface area contributed by atoms with Gasteiger partial charge in [-0.2, -0.15) is 0 Å².